The number of anilines is 1. The van der Waals surface area contributed by atoms with E-state index in [1.165, 1.54) is 12.1 Å². The second kappa shape index (κ2) is 5.59. The molecule has 0 radical (unpaired) electrons. The number of hydrogen-bond donors (Lipinski definition) is 1. The normalized spacial score (nSPS) is 15.3. The molecule has 0 bridgehead atoms. The van der Waals surface area contributed by atoms with E-state index in [2.05, 4.69) is 5.32 Å². The van der Waals surface area contributed by atoms with Crippen molar-refractivity contribution in [2.45, 2.75) is 32.4 Å². The highest BCUT2D eigenvalue weighted by molar-refractivity contribution is 5.69. The van der Waals surface area contributed by atoms with Crippen molar-refractivity contribution >= 4 is 17.5 Å². The van der Waals surface area contributed by atoms with Gasteiger partial charge in [-0.15, -0.1) is 0 Å². The van der Waals surface area contributed by atoms with Crippen LogP contribution in [0.1, 0.15) is 20.8 Å². The first-order valence-corrected chi connectivity index (χ1v) is 6.73. The van der Waals surface area contributed by atoms with Crippen molar-refractivity contribution in [1.29, 1.82) is 0 Å². The van der Waals surface area contributed by atoms with Crippen LogP contribution in [-0.4, -0.2) is 40.6 Å². The number of likely N-dealkylation sites (tertiary alicyclic amines) is 1. The Morgan fingerprint density at radius 1 is 1.33 bits per heavy atom. The van der Waals surface area contributed by atoms with Crippen LogP contribution in [0.5, 0.6) is 0 Å². The number of hydrogen-bond acceptors (Lipinski definition) is 5. The van der Waals surface area contributed by atoms with Crippen LogP contribution in [-0.2, 0) is 4.74 Å². The standard InChI is InChI=1S/C14H19N3O4/c1-14(2,3)21-13(18)16-8-11(9-16)15-10-4-6-12(7-5-10)17(19)20/h4-7,11,15H,8-9H2,1-3H3. The molecule has 1 aliphatic heterocycles. The number of carbonyl (C=O) groups excluding carboxylic acids is 1. The van der Waals surface area contributed by atoms with Gasteiger partial charge < -0.3 is 15.0 Å². The van der Waals surface area contributed by atoms with Gasteiger partial charge in [-0.2, -0.15) is 0 Å². The van der Waals surface area contributed by atoms with E-state index in [1.807, 2.05) is 20.8 Å². The third-order valence-electron chi connectivity index (χ3n) is 2.98. The fourth-order valence-corrected chi connectivity index (χ4v) is 1.96. The molecule has 0 unspecified atom stereocenters. The monoisotopic (exact) mass is 293 g/mol. The van der Waals surface area contributed by atoms with Gasteiger partial charge in [-0.05, 0) is 32.9 Å². The molecule has 2 rings (SSSR count). The third-order valence-corrected chi connectivity index (χ3v) is 2.98. The summed E-state index contributed by atoms with van der Waals surface area (Å²) in [6, 6.07) is 6.36. The Morgan fingerprint density at radius 2 is 1.90 bits per heavy atom. The van der Waals surface area contributed by atoms with E-state index in [0.29, 0.717) is 13.1 Å². The summed E-state index contributed by atoms with van der Waals surface area (Å²) in [6.07, 6.45) is -0.316. The first-order chi connectivity index (χ1) is 9.74. The second-order valence-electron chi connectivity index (χ2n) is 6.03. The molecule has 1 aromatic rings. The lowest BCUT2D eigenvalue weighted by Crippen LogP contribution is -2.57. The zero-order valence-electron chi connectivity index (χ0n) is 12.3. The molecule has 7 heteroatoms. The van der Waals surface area contributed by atoms with Crippen molar-refractivity contribution in [3.05, 3.63) is 34.4 Å². The zero-order valence-corrected chi connectivity index (χ0v) is 12.3. The number of nitro groups is 1. The van der Waals surface area contributed by atoms with Crippen LogP contribution in [0.15, 0.2) is 24.3 Å². The average molecular weight is 293 g/mol. The first kappa shape index (κ1) is 15.1. The molecule has 0 aliphatic carbocycles. The number of rotatable bonds is 3. The molecule has 1 fully saturated rings. The molecule has 1 saturated heterocycles. The summed E-state index contributed by atoms with van der Waals surface area (Å²) < 4.78 is 5.27. The maximum atomic E-state index is 11.8. The Morgan fingerprint density at radius 3 is 2.38 bits per heavy atom. The van der Waals surface area contributed by atoms with Crippen molar-refractivity contribution in [1.82, 2.24) is 4.90 Å². The highest BCUT2D eigenvalue weighted by Gasteiger charge is 2.33. The molecule has 0 saturated carbocycles. The number of non-ortho nitro benzene ring substituents is 1. The van der Waals surface area contributed by atoms with E-state index in [0.717, 1.165) is 5.69 Å². The van der Waals surface area contributed by atoms with Gasteiger partial charge in [0.2, 0.25) is 0 Å². The Kier molecular flexibility index (Phi) is 4.02. The van der Waals surface area contributed by atoms with Crippen LogP contribution < -0.4 is 5.32 Å². The summed E-state index contributed by atoms with van der Waals surface area (Å²) >= 11 is 0. The van der Waals surface area contributed by atoms with Crippen LogP contribution in [0.3, 0.4) is 0 Å². The highest BCUT2D eigenvalue weighted by Crippen LogP contribution is 2.20. The van der Waals surface area contributed by atoms with Gasteiger partial charge in [0.05, 0.1) is 11.0 Å². The lowest BCUT2D eigenvalue weighted by molar-refractivity contribution is -0.384. The smallest absolute Gasteiger partial charge is 0.410 e. The molecule has 0 spiro atoms. The minimum absolute atomic E-state index is 0.0598. The summed E-state index contributed by atoms with van der Waals surface area (Å²) in [4.78, 5) is 23.5. The van der Waals surface area contributed by atoms with E-state index in [9.17, 15) is 14.9 Å². The second-order valence-corrected chi connectivity index (χ2v) is 6.03. The number of nitrogens with zero attached hydrogens (tertiary/aromatic N) is 2. The Hall–Kier alpha value is -2.31. The van der Waals surface area contributed by atoms with Crippen LogP contribution in [0, 0.1) is 10.1 Å². The van der Waals surface area contributed by atoms with Crippen molar-refractivity contribution in [3.8, 4) is 0 Å². The summed E-state index contributed by atoms with van der Waals surface area (Å²) in [6.45, 7) is 6.61. The topological polar surface area (TPSA) is 84.7 Å². The van der Waals surface area contributed by atoms with Gasteiger partial charge >= 0.3 is 6.09 Å². The van der Waals surface area contributed by atoms with Gasteiger partial charge in [-0.25, -0.2) is 4.79 Å². The number of benzene rings is 1. The molecule has 0 aromatic heterocycles. The van der Waals surface area contributed by atoms with Crippen molar-refractivity contribution in [2.24, 2.45) is 0 Å². The lowest BCUT2D eigenvalue weighted by Gasteiger charge is -2.40. The van der Waals surface area contributed by atoms with E-state index in [1.54, 1.807) is 17.0 Å². The predicted molar refractivity (Wildman–Crippen MR) is 78.3 cm³/mol. The number of ether oxygens (including phenoxy) is 1. The third kappa shape index (κ3) is 4.08. The summed E-state index contributed by atoms with van der Waals surface area (Å²) in [7, 11) is 0. The van der Waals surface area contributed by atoms with Gasteiger partial charge in [0, 0.05) is 30.9 Å². The summed E-state index contributed by atoms with van der Waals surface area (Å²) in [5, 5.41) is 13.8. The fourth-order valence-electron chi connectivity index (χ4n) is 1.96. The van der Waals surface area contributed by atoms with E-state index < -0.39 is 10.5 Å². The van der Waals surface area contributed by atoms with Crippen LogP contribution in [0.25, 0.3) is 0 Å². The highest BCUT2D eigenvalue weighted by atomic mass is 16.6. The quantitative estimate of drug-likeness (QED) is 0.684. The van der Waals surface area contributed by atoms with Gasteiger partial charge in [0.15, 0.2) is 0 Å². The zero-order chi connectivity index (χ0) is 15.6. The van der Waals surface area contributed by atoms with Crippen LogP contribution in [0.4, 0.5) is 16.2 Å². The van der Waals surface area contributed by atoms with Crippen molar-refractivity contribution < 1.29 is 14.5 Å². The largest absolute Gasteiger partial charge is 0.444 e. The number of nitrogens with one attached hydrogen (secondary N) is 1. The SMILES string of the molecule is CC(C)(C)OC(=O)N1CC(Nc2ccc([N+](=O)[O-])cc2)C1. The van der Waals surface area contributed by atoms with Gasteiger partial charge in [0.25, 0.3) is 5.69 Å². The van der Waals surface area contributed by atoms with E-state index >= 15 is 0 Å². The Bertz CT molecular complexity index is 530. The molecular weight excluding hydrogens is 274 g/mol. The average Bonchev–Trinajstić information content (AvgIpc) is 2.31. The predicted octanol–water partition coefficient (Wildman–Crippen LogP) is 2.63. The van der Waals surface area contributed by atoms with E-state index in [-0.39, 0.29) is 17.8 Å². The Labute approximate surface area is 123 Å². The maximum Gasteiger partial charge on any atom is 0.410 e. The molecule has 1 aromatic carbocycles. The van der Waals surface area contributed by atoms with Gasteiger partial charge in [-0.3, -0.25) is 10.1 Å². The number of carbonyl (C=O) groups is 1. The summed E-state index contributed by atoms with van der Waals surface area (Å²) in [5.74, 6) is 0. The fraction of sp³-hybridized carbons (Fsp3) is 0.500. The van der Waals surface area contributed by atoms with E-state index in [4.69, 9.17) is 4.74 Å². The van der Waals surface area contributed by atoms with Crippen molar-refractivity contribution in [3.63, 3.8) is 0 Å². The van der Waals surface area contributed by atoms with Crippen LogP contribution in [0.2, 0.25) is 0 Å². The van der Waals surface area contributed by atoms with Crippen molar-refractivity contribution in [2.75, 3.05) is 18.4 Å². The number of amides is 1. The summed E-state index contributed by atoms with van der Waals surface area (Å²) in [5.41, 5.74) is 0.368. The lowest BCUT2D eigenvalue weighted by atomic mass is 10.1. The minimum atomic E-state index is -0.492. The molecule has 0 atom stereocenters. The molecule has 1 amide bonds. The Balaban J connectivity index is 1.80. The molecule has 21 heavy (non-hydrogen) atoms. The van der Waals surface area contributed by atoms with Crippen LogP contribution >= 0.6 is 0 Å². The molecule has 114 valence electrons. The molecule has 1 N–H and O–H groups in total. The molecular formula is C14H19N3O4. The molecule has 7 nitrogen and oxygen atoms in total. The first-order valence-electron chi connectivity index (χ1n) is 6.73. The maximum absolute atomic E-state index is 11.8. The van der Waals surface area contributed by atoms with Gasteiger partial charge in [-0.1, -0.05) is 0 Å². The molecule has 1 aliphatic rings. The number of nitro benzene ring substituents is 1. The molecule has 1 heterocycles. The minimum Gasteiger partial charge on any atom is -0.444 e. The van der Waals surface area contributed by atoms with Gasteiger partial charge in [0.1, 0.15) is 5.60 Å².